The SMILES string of the molecule is C=CCC[C@H]1CC[C@H](c2ccccc2-c2cc(F)c(COCC)c(F)c2)CC1. The molecule has 0 aromatic heterocycles. The number of allylic oxidation sites excluding steroid dienone is 1. The first-order valence-corrected chi connectivity index (χ1v) is 10.4. The Kier molecular flexibility index (Phi) is 7.38. The molecular formula is C25H30F2O. The van der Waals surface area contributed by atoms with E-state index in [1.54, 1.807) is 0 Å². The second-order valence-electron chi connectivity index (χ2n) is 7.73. The molecule has 3 rings (SSSR count). The molecule has 0 heterocycles. The Bertz CT molecular complexity index is 768. The highest BCUT2D eigenvalue weighted by atomic mass is 19.1. The molecule has 1 aliphatic carbocycles. The first-order chi connectivity index (χ1) is 13.6. The number of ether oxygens (including phenoxy) is 1. The topological polar surface area (TPSA) is 9.23 Å². The maximum Gasteiger partial charge on any atom is 0.132 e. The average Bonchev–Trinajstić information content (AvgIpc) is 2.72. The van der Waals surface area contributed by atoms with Crippen LogP contribution in [0.25, 0.3) is 11.1 Å². The predicted octanol–water partition coefficient (Wildman–Crippen LogP) is 7.41. The summed E-state index contributed by atoms with van der Waals surface area (Å²) in [5.41, 5.74) is 2.77. The molecule has 150 valence electrons. The van der Waals surface area contributed by atoms with E-state index < -0.39 is 11.6 Å². The molecule has 0 aliphatic heterocycles. The highest BCUT2D eigenvalue weighted by Gasteiger charge is 2.24. The zero-order valence-electron chi connectivity index (χ0n) is 16.7. The van der Waals surface area contributed by atoms with E-state index in [1.807, 2.05) is 31.2 Å². The summed E-state index contributed by atoms with van der Waals surface area (Å²) < 4.78 is 34.3. The standard InChI is InChI=1S/C25H30F2O/c1-3-5-8-18-11-13-19(14-12-18)21-9-6-7-10-22(21)20-15-24(26)23(17-28-4-2)25(27)16-20/h3,6-7,9-10,15-16,18-19H,1,4-5,8,11-14,17H2,2H3/t18-,19-. The molecule has 0 spiro atoms. The lowest BCUT2D eigenvalue weighted by Gasteiger charge is -2.30. The molecule has 1 fully saturated rings. The predicted molar refractivity (Wildman–Crippen MR) is 111 cm³/mol. The number of halogens is 2. The van der Waals surface area contributed by atoms with Crippen LogP contribution in [0.5, 0.6) is 0 Å². The van der Waals surface area contributed by atoms with Crippen molar-refractivity contribution in [3.63, 3.8) is 0 Å². The van der Waals surface area contributed by atoms with Crippen LogP contribution in [0.1, 0.15) is 62.5 Å². The van der Waals surface area contributed by atoms with Crippen molar-refractivity contribution < 1.29 is 13.5 Å². The second-order valence-corrected chi connectivity index (χ2v) is 7.73. The fraction of sp³-hybridized carbons (Fsp3) is 0.440. The van der Waals surface area contributed by atoms with Crippen molar-refractivity contribution in [2.75, 3.05) is 6.61 Å². The van der Waals surface area contributed by atoms with Crippen LogP contribution in [0.4, 0.5) is 8.78 Å². The maximum atomic E-state index is 14.5. The molecule has 0 unspecified atom stereocenters. The minimum Gasteiger partial charge on any atom is -0.377 e. The van der Waals surface area contributed by atoms with Gasteiger partial charge in [-0.2, -0.15) is 0 Å². The summed E-state index contributed by atoms with van der Waals surface area (Å²) in [6.45, 7) is 6.03. The first-order valence-electron chi connectivity index (χ1n) is 10.4. The summed E-state index contributed by atoms with van der Waals surface area (Å²) in [7, 11) is 0. The van der Waals surface area contributed by atoms with Crippen LogP contribution >= 0.6 is 0 Å². The molecule has 0 bridgehead atoms. The van der Waals surface area contributed by atoms with Gasteiger partial charge in [0.2, 0.25) is 0 Å². The summed E-state index contributed by atoms with van der Waals surface area (Å²) in [6.07, 6.45) is 8.98. The van der Waals surface area contributed by atoms with Crippen LogP contribution in [0, 0.1) is 17.6 Å². The fourth-order valence-corrected chi connectivity index (χ4v) is 4.33. The van der Waals surface area contributed by atoms with Gasteiger partial charge in [-0.25, -0.2) is 8.78 Å². The van der Waals surface area contributed by atoms with Gasteiger partial charge in [0, 0.05) is 12.2 Å². The Morgan fingerprint density at radius 2 is 1.75 bits per heavy atom. The lowest BCUT2D eigenvalue weighted by Crippen LogP contribution is -2.14. The maximum absolute atomic E-state index is 14.5. The lowest BCUT2D eigenvalue weighted by molar-refractivity contribution is 0.128. The largest absolute Gasteiger partial charge is 0.377 e. The van der Waals surface area contributed by atoms with Crippen molar-refractivity contribution in [1.29, 1.82) is 0 Å². The van der Waals surface area contributed by atoms with Crippen molar-refractivity contribution in [3.05, 3.63) is 71.8 Å². The molecule has 0 saturated heterocycles. The molecular weight excluding hydrogens is 354 g/mol. The van der Waals surface area contributed by atoms with Gasteiger partial charge in [-0.15, -0.1) is 6.58 Å². The zero-order chi connectivity index (χ0) is 19.9. The molecule has 2 aromatic rings. The van der Waals surface area contributed by atoms with Gasteiger partial charge in [0.25, 0.3) is 0 Å². The molecule has 3 heteroatoms. The molecule has 1 nitrogen and oxygen atoms in total. The van der Waals surface area contributed by atoms with Gasteiger partial charge in [0.15, 0.2) is 0 Å². The Morgan fingerprint density at radius 1 is 1.07 bits per heavy atom. The normalized spacial score (nSPS) is 19.5. The van der Waals surface area contributed by atoms with Gasteiger partial charge < -0.3 is 4.74 Å². The fourth-order valence-electron chi connectivity index (χ4n) is 4.33. The third-order valence-corrected chi connectivity index (χ3v) is 5.93. The highest BCUT2D eigenvalue weighted by Crippen LogP contribution is 2.41. The molecule has 0 atom stereocenters. The summed E-state index contributed by atoms with van der Waals surface area (Å²) in [4.78, 5) is 0. The van der Waals surface area contributed by atoms with Crippen molar-refractivity contribution in [1.82, 2.24) is 0 Å². The van der Waals surface area contributed by atoms with Crippen LogP contribution in [0.3, 0.4) is 0 Å². The van der Waals surface area contributed by atoms with Gasteiger partial charge in [0.05, 0.1) is 6.61 Å². The number of hydrogen-bond acceptors (Lipinski definition) is 1. The van der Waals surface area contributed by atoms with Gasteiger partial charge >= 0.3 is 0 Å². The summed E-state index contributed by atoms with van der Waals surface area (Å²) in [6, 6.07) is 11.0. The van der Waals surface area contributed by atoms with E-state index >= 15 is 0 Å². The monoisotopic (exact) mass is 384 g/mol. The van der Waals surface area contributed by atoms with Crippen LogP contribution in [-0.4, -0.2) is 6.61 Å². The third kappa shape index (κ3) is 4.88. The Hall–Kier alpha value is -2.00. The number of rotatable bonds is 8. The van der Waals surface area contributed by atoms with Crippen LogP contribution in [-0.2, 0) is 11.3 Å². The molecule has 0 amide bonds. The number of hydrogen-bond donors (Lipinski definition) is 0. The van der Waals surface area contributed by atoms with E-state index in [0.717, 1.165) is 30.7 Å². The third-order valence-electron chi connectivity index (χ3n) is 5.93. The molecule has 1 aliphatic rings. The molecule has 1 saturated carbocycles. The zero-order valence-corrected chi connectivity index (χ0v) is 16.7. The Morgan fingerprint density at radius 3 is 2.39 bits per heavy atom. The summed E-state index contributed by atoms with van der Waals surface area (Å²) in [5, 5.41) is 0. The second kappa shape index (κ2) is 9.97. The van der Waals surface area contributed by atoms with E-state index in [2.05, 4.69) is 12.6 Å². The minimum absolute atomic E-state index is 0.00538. The minimum atomic E-state index is -0.536. The van der Waals surface area contributed by atoms with Crippen molar-refractivity contribution in [2.24, 2.45) is 5.92 Å². The quantitative estimate of drug-likeness (QED) is 0.431. The average molecular weight is 385 g/mol. The van der Waals surface area contributed by atoms with E-state index in [0.29, 0.717) is 18.1 Å². The lowest BCUT2D eigenvalue weighted by atomic mass is 9.75. The molecule has 28 heavy (non-hydrogen) atoms. The van der Waals surface area contributed by atoms with Gasteiger partial charge in [-0.05, 0) is 86.1 Å². The van der Waals surface area contributed by atoms with Crippen molar-refractivity contribution in [2.45, 2.75) is 58.0 Å². The van der Waals surface area contributed by atoms with E-state index in [-0.39, 0.29) is 12.2 Å². The van der Waals surface area contributed by atoms with E-state index in [4.69, 9.17) is 4.74 Å². The van der Waals surface area contributed by atoms with Crippen molar-refractivity contribution >= 4 is 0 Å². The van der Waals surface area contributed by atoms with Crippen LogP contribution in [0.2, 0.25) is 0 Å². The Labute approximate surface area is 167 Å². The molecule has 2 aromatic carbocycles. The van der Waals surface area contributed by atoms with Crippen LogP contribution in [0.15, 0.2) is 49.1 Å². The summed E-state index contributed by atoms with van der Waals surface area (Å²) >= 11 is 0. The van der Waals surface area contributed by atoms with Gasteiger partial charge in [-0.1, -0.05) is 30.3 Å². The molecule has 0 N–H and O–H groups in total. The first kappa shape index (κ1) is 20.7. The van der Waals surface area contributed by atoms with E-state index in [1.165, 1.54) is 37.0 Å². The van der Waals surface area contributed by atoms with Gasteiger partial charge in [0.1, 0.15) is 11.6 Å². The van der Waals surface area contributed by atoms with Crippen molar-refractivity contribution in [3.8, 4) is 11.1 Å². The number of benzene rings is 2. The Balaban J connectivity index is 1.82. The van der Waals surface area contributed by atoms with E-state index in [9.17, 15) is 8.78 Å². The smallest absolute Gasteiger partial charge is 0.132 e. The summed E-state index contributed by atoms with van der Waals surface area (Å²) in [5.74, 6) is 0.150. The van der Waals surface area contributed by atoms with Crippen LogP contribution < -0.4 is 0 Å². The highest BCUT2D eigenvalue weighted by molar-refractivity contribution is 5.68. The van der Waals surface area contributed by atoms with Gasteiger partial charge in [-0.3, -0.25) is 0 Å². The molecule has 0 radical (unpaired) electrons.